The van der Waals surface area contributed by atoms with Crippen LogP contribution in [-0.2, 0) is 4.79 Å². The SMILES string of the molecule is CC(C)CC(=O)N[C@H]([NH+]1CCCCC1)C(Cl)(Cl)Cl. The number of halogens is 3. The topological polar surface area (TPSA) is 33.5 Å². The summed E-state index contributed by atoms with van der Waals surface area (Å²) in [5, 5.41) is 2.89. The van der Waals surface area contributed by atoms with Crippen LogP contribution in [-0.4, -0.2) is 29.0 Å². The zero-order chi connectivity index (χ0) is 13.8. The summed E-state index contributed by atoms with van der Waals surface area (Å²) >= 11 is 18.0. The maximum atomic E-state index is 11.9. The van der Waals surface area contributed by atoms with E-state index in [1.165, 1.54) is 11.3 Å². The minimum atomic E-state index is -1.46. The molecule has 0 saturated carbocycles. The molecule has 1 aliphatic rings. The molecule has 18 heavy (non-hydrogen) atoms. The molecule has 2 N–H and O–H groups in total. The first kappa shape index (κ1) is 16.4. The van der Waals surface area contributed by atoms with E-state index in [4.69, 9.17) is 34.8 Å². The lowest BCUT2D eigenvalue weighted by atomic mass is 10.1. The highest BCUT2D eigenvalue weighted by molar-refractivity contribution is 6.68. The van der Waals surface area contributed by atoms with Gasteiger partial charge in [-0.1, -0.05) is 48.7 Å². The number of nitrogens with one attached hydrogen (secondary N) is 2. The Morgan fingerprint density at radius 2 is 1.78 bits per heavy atom. The quantitative estimate of drug-likeness (QED) is 0.763. The Morgan fingerprint density at radius 3 is 2.22 bits per heavy atom. The summed E-state index contributed by atoms with van der Waals surface area (Å²) in [7, 11) is 0. The summed E-state index contributed by atoms with van der Waals surface area (Å²) < 4.78 is -1.46. The summed E-state index contributed by atoms with van der Waals surface area (Å²) in [5.41, 5.74) is 0. The Bertz CT molecular complexity index is 273. The van der Waals surface area contributed by atoms with E-state index in [0.717, 1.165) is 25.9 Å². The van der Waals surface area contributed by atoms with Gasteiger partial charge < -0.3 is 10.2 Å². The molecule has 0 aliphatic carbocycles. The van der Waals surface area contributed by atoms with Crippen LogP contribution < -0.4 is 10.2 Å². The van der Waals surface area contributed by atoms with E-state index < -0.39 is 9.96 Å². The fourth-order valence-corrected chi connectivity index (χ4v) is 2.93. The molecule has 0 aromatic carbocycles. The zero-order valence-electron chi connectivity index (χ0n) is 10.9. The van der Waals surface area contributed by atoms with Gasteiger partial charge in [0.1, 0.15) is 0 Å². The molecule has 6 heteroatoms. The minimum Gasteiger partial charge on any atom is -0.312 e. The van der Waals surface area contributed by atoms with Crippen LogP contribution >= 0.6 is 34.8 Å². The van der Waals surface area contributed by atoms with E-state index in [2.05, 4.69) is 5.32 Å². The van der Waals surface area contributed by atoms with Gasteiger partial charge in [0.05, 0.1) is 13.1 Å². The molecule has 0 aromatic rings. The molecule has 0 bridgehead atoms. The number of piperidine rings is 1. The number of amides is 1. The molecule has 0 unspecified atom stereocenters. The third-order valence-corrected chi connectivity index (χ3v) is 3.78. The van der Waals surface area contributed by atoms with Crippen molar-refractivity contribution in [3.05, 3.63) is 0 Å². The number of carbonyl (C=O) groups is 1. The first-order valence-corrected chi connectivity index (χ1v) is 7.64. The zero-order valence-corrected chi connectivity index (χ0v) is 13.2. The van der Waals surface area contributed by atoms with Crippen LogP contribution in [0, 0.1) is 5.92 Å². The second-order valence-corrected chi connectivity index (χ2v) is 7.73. The van der Waals surface area contributed by atoms with Crippen LogP contribution in [0.2, 0.25) is 0 Å². The number of likely N-dealkylation sites (tertiary alicyclic amines) is 1. The Labute approximate surface area is 124 Å². The molecular formula is C12H22Cl3N2O+. The first-order chi connectivity index (χ1) is 8.30. The maximum Gasteiger partial charge on any atom is 0.262 e. The third-order valence-electron chi connectivity index (χ3n) is 3.13. The van der Waals surface area contributed by atoms with E-state index in [0.29, 0.717) is 12.3 Å². The van der Waals surface area contributed by atoms with Gasteiger partial charge >= 0.3 is 0 Å². The second kappa shape index (κ2) is 7.18. The van der Waals surface area contributed by atoms with Crippen LogP contribution in [0.3, 0.4) is 0 Å². The highest BCUT2D eigenvalue weighted by atomic mass is 35.6. The molecule has 1 amide bonds. The number of rotatable bonds is 4. The van der Waals surface area contributed by atoms with Crippen molar-refractivity contribution in [2.24, 2.45) is 5.92 Å². The van der Waals surface area contributed by atoms with Gasteiger partial charge in [0.25, 0.3) is 3.79 Å². The lowest BCUT2D eigenvalue weighted by Crippen LogP contribution is -3.20. The average Bonchev–Trinajstić information content (AvgIpc) is 2.24. The van der Waals surface area contributed by atoms with Crippen molar-refractivity contribution < 1.29 is 9.69 Å². The molecule has 1 fully saturated rings. The highest BCUT2D eigenvalue weighted by Crippen LogP contribution is 2.28. The van der Waals surface area contributed by atoms with E-state index in [-0.39, 0.29) is 5.91 Å². The monoisotopic (exact) mass is 315 g/mol. The van der Waals surface area contributed by atoms with Crippen molar-refractivity contribution in [3.63, 3.8) is 0 Å². The Morgan fingerprint density at radius 1 is 1.22 bits per heavy atom. The van der Waals surface area contributed by atoms with Crippen LogP contribution in [0.15, 0.2) is 0 Å². The summed E-state index contributed by atoms with van der Waals surface area (Å²) in [6.45, 7) is 5.89. The molecule has 3 nitrogen and oxygen atoms in total. The highest BCUT2D eigenvalue weighted by Gasteiger charge is 2.42. The third kappa shape index (κ3) is 5.52. The lowest BCUT2D eigenvalue weighted by Gasteiger charge is -2.35. The lowest BCUT2D eigenvalue weighted by molar-refractivity contribution is -0.931. The predicted octanol–water partition coefficient (Wildman–Crippen LogP) is 1.91. The molecule has 1 aliphatic heterocycles. The van der Waals surface area contributed by atoms with Crippen LogP contribution in [0.5, 0.6) is 0 Å². The fraction of sp³-hybridized carbons (Fsp3) is 0.917. The molecule has 0 aromatic heterocycles. The van der Waals surface area contributed by atoms with Gasteiger partial charge in [0.2, 0.25) is 12.1 Å². The van der Waals surface area contributed by atoms with Crippen molar-refractivity contribution in [3.8, 4) is 0 Å². The maximum absolute atomic E-state index is 11.9. The molecule has 106 valence electrons. The standard InChI is InChI=1S/C12H21Cl3N2O/c1-9(2)8-10(18)16-11(12(13,14)15)17-6-4-3-5-7-17/h9,11H,3-8H2,1-2H3,(H,16,18)/p+1/t11-/m1/s1. The van der Waals surface area contributed by atoms with E-state index in [1.807, 2.05) is 13.8 Å². The van der Waals surface area contributed by atoms with Crippen molar-refractivity contribution in [2.75, 3.05) is 13.1 Å². The van der Waals surface area contributed by atoms with Gasteiger partial charge in [-0.15, -0.1) is 0 Å². The Kier molecular flexibility index (Phi) is 6.52. The van der Waals surface area contributed by atoms with E-state index in [1.54, 1.807) is 0 Å². The fourth-order valence-electron chi connectivity index (χ4n) is 2.30. The Balaban J connectivity index is 2.63. The predicted molar refractivity (Wildman–Crippen MR) is 76.2 cm³/mol. The van der Waals surface area contributed by atoms with E-state index >= 15 is 0 Å². The molecule has 1 heterocycles. The van der Waals surface area contributed by atoms with Crippen LogP contribution in [0.1, 0.15) is 39.5 Å². The largest absolute Gasteiger partial charge is 0.312 e. The number of quaternary nitrogens is 1. The van der Waals surface area contributed by atoms with Gasteiger partial charge in [-0.3, -0.25) is 4.79 Å². The number of hydrogen-bond donors (Lipinski definition) is 2. The molecule has 0 spiro atoms. The van der Waals surface area contributed by atoms with Gasteiger partial charge in [-0.05, 0) is 25.2 Å². The summed E-state index contributed by atoms with van der Waals surface area (Å²) in [5.74, 6) is 0.261. The summed E-state index contributed by atoms with van der Waals surface area (Å²) in [4.78, 5) is 13.0. The van der Waals surface area contributed by atoms with Gasteiger partial charge in [0, 0.05) is 6.42 Å². The summed E-state index contributed by atoms with van der Waals surface area (Å²) in [6, 6.07) is 0. The normalized spacial score (nSPS) is 19.9. The van der Waals surface area contributed by atoms with Gasteiger partial charge in [0.15, 0.2) is 0 Å². The number of carbonyl (C=O) groups excluding carboxylic acids is 1. The Hall–Kier alpha value is 0.300. The second-order valence-electron chi connectivity index (χ2n) is 5.36. The first-order valence-electron chi connectivity index (χ1n) is 6.51. The van der Waals surface area contributed by atoms with Gasteiger partial charge in [-0.2, -0.15) is 0 Å². The number of alkyl halides is 3. The van der Waals surface area contributed by atoms with Gasteiger partial charge in [-0.25, -0.2) is 0 Å². The minimum absolute atomic E-state index is 0.0422. The van der Waals surface area contributed by atoms with Crippen LogP contribution in [0.4, 0.5) is 0 Å². The molecule has 1 saturated heterocycles. The molecule has 1 atom stereocenters. The smallest absolute Gasteiger partial charge is 0.262 e. The number of hydrogen-bond acceptors (Lipinski definition) is 1. The molecular weight excluding hydrogens is 295 g/mol. The van der Waals surface area contributed by atoms with Crippen molar-refractivity contribution >= 4 is 40.7 Å². The molecule has 0 radical (unpaired) electrons. The van der Waals surface area contributed by atoms with Crippen LogP contribution in [0.25, 0.3) is 0 Å². The average molecular weight is 317 g/mol. The van der Waals surface area contributed by atoms with Crippen molar-refractivity contribution in [1.82, 2.24) is 5.32 Å². The van der Waals surface area contributed by atoms with Crippen molar-refractivity contribution in [2.45, 2.75) is 49.5 Å². The summed E-state index contributed by atoms with van der Waals surface area (Å²) in [6.07, 6.45) is 3.47. The molecule has 1 rings (SSSR count). The van der Waals surface area contributed by atoms with E-state index in [9.17, 15) is 4.79 Å². The van der Waals surface area contributed by atoms with Crippen molar-refractivity contribution in [1.29, 1.82) is 0 Å².